The molecule has 0 saturated heterocycles. The molecule has 0 amide bonds. The second kappa shape index (κ2) is 6.33. The number of hydrogen-bond donors (Lipinski definition) is 0. The molecule has 1 heterocycles. The molecule has 128 valence electrons. The maximum Gasteiger partial charge on any atom is 0.0969 e. The fraction of sp³-hybridized carbons (Fsp3) is 0.0400. The first kappa shape index (κ1) is 15.7. The Morgan fingerprint density at radius 3 is 2.00 bits per heavy atom. The Balaban J connectivity index is 1.75. The summed E-state index contributed by atoms with van der Waals surface area (Å²) in [6.45, 7) is 2.04. The molecule has 0 radical (unpaired) electrons. The van der Waals surface area contributed by atoms with E-state index >= 15 is 0 Å². The summed E-state index contributed by atoms with van der Waals surface area (Å²) in [4.78, 5) is 9.89. The minimum atomic E-state index is 0.928. The number of fused-ring (bicyclic) bond motifs is 3. The van der Waals surface area contributed by atoms with Gasteiger partial charge in [0.1, 0.15) is 0 Å². The molecule has 4 aromatic carbocycles. The number of nitrogens with zero attached hydrogens (tertiary/aromatic N) is 2. The fourth-order valence-electron chi connectivity index (χ4n) is 3.60. The molecule has 5 rings (SSSR count). The van der Waals surface area contributed by atoms with Crippen LogP contribution in [0.5, 0.6) is 0 Å². The van der Waals surface area contributed by atoms with Gasteiger partial charge in [0, 0.05) is 10.9 Å². The molecule has 0 aliphatic carbocycles. The van der Waals surface area contributed by atoms with Crippen molar-refractivity contribution >= 4 is 21.8 Å². The average Bonchev–Trinajstić information content (AvgIpc) is 2.74. The van der Waals surface area contributed by atoms with Gasteiger partial charge in [-0.3, -0.25) is 0 Å². The third-order valence-corrected chi connectivity index (χ3v) is 4.98. The van der Waals surface area contributed by atoms with Crippen LogP contribution in [-0.2, 0) is 0 Å². The van der Waals surface area contributed by atoms with Gasteiger partial charge in [-0.05, 0) is 35.6 Å². The molecule has 0 fully saturated rings. The predicted molar refractivity (Wildman–Crippen MR) is 113 cm³/mol. The molecule has 5 aromatic rings. The van der Waals surface area contributed by atoms with Gasteiger partial charge in [-0.2, -0.15) is 0 Å². The van der Waals surface area contributed by atoms with E-state index in [2.05, 4.69) is 66.7 Å². The average molecular weight is 346 g/mol. The molecule has 2 nitrogen and oxygen atoms in total. The second-order valence-corrected chi connectivity index (χ2v) is 6.76. The highest BCUT2D eigenvalue weighted by Gasteiger charge is 2.10. The zero-order valence-corrected chi connectivity index (χ0v) is 15.1. The van der Waals surface area contributed by atoms with E-state index in [1.165, 1.54) is 16.5 Å². The van der Waals surface area contributed by atoms with Crippen LogP contribution < -0.4 is 0 Å². The minimum absolute atomic E-state index is 0.928. The molecule has 0 spiro atoms. The van der Waals surface area contributed by atoms with Gasteiger partial charge >= 0.3 is 0 Å². The Morgan fingerprint density at radius 2 is 1.26 bits per heavy atom. The molecular weight excluding hydrogens is 328 g/mol. The lowest BCUT2D eigenvalue weighted by molar-refractivity contribution is 1.19. The van der Waals surface area contributed by atoms with Gasteiger partial charge in [0.15, 0.2) is 0 Å². The van der Waals surface area contributed by atoms with Crippen LogP contribution in [0.2, 0.25) is 0 Å². The van der Waals surface area contributed by atoms with Crippen LogP contribution in [0, 0.1) is 6.92 Å². The van der Waals surface area contributed by atoms with Crippen molar-refractivity contribution in [2.45, 2.75) is 6.92 Å². The maximum absolute atomic E-state index is 4.95. The van der Waals surface area contributed by atoms with Gasteiger partial charge in [0.05, 0.1) is 22.4 Å². The molecule has 0 unspecified atom stereocenters. The van der Waals surface area contributed by atoms with E-state index in [4.69, 9.17) is 9.97 Å². The summed E-state index contributed by atoms with van der Waals surface area (Å²) >= 11 is 0. The first-order chi connectivity index (χ1) is 13.3. The van der Waals surface area contributed by atoms with Gasteiger partial charge < -0.3 is 0 Å². The first-order valence-corrected chi connectivity index (χ1v) is 9.11. The Kier molecular flexibility index (Phi) is 3.68. The largest absolute Gasteiger partial charge is 0.249 e. The monoisotopic (exact) mass is 346 g/mol. The fourth-order valence-corrected chi connectivity index (χ4v) is 3.60. The van der Waals surface area contributed by atoms with Crippen LogP contribution in [0.15, 0.2) is 91.0 Å². The van der Waals surface area contributed by atoms with Gasteiger partial charge in [-0.1, -0.05) is 78.9 Å². The van der Waals surface area contributed by atoms with Crippen LogP contribution in [0.4, 0.5) is 0 Å². The van der Waals surface area contributed by atoms with Gasteiger partial charge in [0.25, 0.3) is 0 Å². The summed E-state index contributed by atoms with van der Waals surface area (Å²) in [5, 5.41) is 2.33. The van der Waals surface area contributed by atoms with Crippen molar-refractivity contribution in [2.24, 2.45) is 0 Å². The number of benzene rings is 4. The summed E-state index contributed by atoms with van der Waals surface area (Å²) in [5.74, 6) is 0. The van der Waals surface area contributed by atoms with Crippen molar-refractivity contribution in [1.82, 2.24) is 9.97 Å². The van der Waals surface area contributed by atoms with Crippen molar-refractivity contribution < 1.29 is 0 Å². The topological polar surface area (TPSA) is 25.8 Å². The van der Waals surface area contributed by atoms with Crippen molar-refractivity contribution in [1.29, 1.82) is 0 Å². The van der Waals surface area contributed by atoms with Crippen LogP contribution in [0.3, 0.4) is 0 Å². The van der Waals surface area contributed by atoms with Gasteiger partial charge in [-0.25, -0.2) is 9.97 Å². The van der Waals surface area contributed by atoms with Crippen molar-refractivity contribution in [3.63, 3.8) is 0 Å². The lowest BCUT2D eigenvalue weighted by Gasteiger charge is -2.10. The molecule has 0 aliphatic heterocycles. The Morgan fingerprint density at radius 1 is 0.593 bits per heavy atom. The normalized spacial score (nSPS) is 11.1. The van der Waals surface area contributed by atoms with Crippen LogP contribution >= 0.6 is 0 Å². The van der Waals surface area contributed by atoms with Crippen molar-refractivity contribution in [2.75, 3.05) is 0 Å². The highest BCUT2D eigenvalue weighted by atomic mass is 14.8. The number of aryl methyl sites for hydroxylation is 1. The standard InChI is InChI=1S/C25H18N2/c1-17-24(20-10-6-3-7-11-20)27-23-15-14-19-12-13-21(16-22(19)25(23)26-17)18-8-4-2-5-9-18/h2-16H,1H3. The van der Waals surface area contributed by atoms with E-state index in [9.17, 15) is 0 Å². The lowest BCUT2D eigenvalue weighted by atomic mass is 10.00. The van der Waals surface area contributed by atoms with Crippen LogP contribution in [0.1, 0.15) is 5.69 Å². The summed E-state index contributed by atoms with van der Waals surface area (Å²) in [6.07, 6.45) is 0. The van der Waals surface area contributed by atoms with E-state index in [-0.39, 0.29) is 0 Å². The zero-order chi connectivity index (χ0) is 18.2. The lowest BCUT2D eigenvalue weighted by Crippen LogP contribution is -1.95. The van der Waals surface area contributed by atoms with Crippen molar-refractivity contribution in [3.05, 3.63) is 96.7 Å². The van der Waals surface area contributed by atoms with E-state index in [1.54, 1.807) is 0 Å². The van der Waals surface area contributed by atoms with Crippen LogP contribution in [0.25, 0.3) is 44.2 Å². The number of aromatic nitrogens is 2. The summed E-state index contributed by atoms with van der Waals surface area (Å²) in [6, 6.07) is 31.5. The third-order valence-electron chi connectivity index (χ3n) is 4.98. The highest BCUT2D eigenvalue weighted by molar-refractivity contribution is 6.05. The van der Waals surface area contributed by atoms with E-state index in [1.807, 2.05) is 31.2 Å². The third kappa shape index (κ3) is 2.76. The quantitative estimate of drug-likeness (QED) is 0.344. The Bertz CT molecular complexity index is 1260. The Hall–Kier alpha value is -3.52. The van der Waals surface area contributed by atoms with Crippen LogP contribution in [-0.4, -0.2) is 9.97 Å². The van der Waals surface area contributed by atoms with E-state index in [0.29, 0.717) is 0 Å². The smallest absolute Gasteiger partial charge is 0.0969 e. The molecule has 0 N–H and O–H groups in total. The summed E-state index contributed by atoms with van der Waals surface area (Å²) in [5.41, 5.74) is 7.29. The molecule has 0 saturated carbocycles. The minimum Gasteiger partial charge on any atom is -0.249 e. The molecule has 1 aromatic heterocycles. The molecule has 0 bridgehead atoms. The maximum atomic E-state index is 4.95. The van der Waals surface area contributed by atoms with Gasteiger partial charge in [-0.15, -0.1) is 0 Å². The molecule has 0 aliphatic rings. The predicted octanol–water partition coefficient (Wildman–Crippen LogP) is 6.43. The van der Waals surface area contributed by atoms with E-state index in [0.717, 1.165) is 33.4 Å². The zero-order valence-electron chi connectivity index (χ0n) is 15.1. The van der Waals surface area contributed by atoms with E-state index < -0.39 is 0 Å². The molecule has 0 atom stereocenters. The molecule has 27 heavy (non-hydrogen) atoms. The Labute approximate surface area is 158 Å². The first-order valence-electron chi connectivity index (χ1n) is 9.11. The summed E-state index contributed by atoms with van der Waals surface area (Å²) in [7, 11) is 0. The summed E-state index contributed by atoms with van der Waals surface area (Å²) < 4.78 is 0. The second-order valence-electron chi connectivity index (χ2n) is 6.76. The SMILES string of the molecule is Cc1nc2c(ccc3ccc(-c4ccccc4)cc32)nc1-c1ccccc1. The van der Waals surface area contributed by atoms with Gasteiger partial charge in [0.2, 0.25) is 0 Å². The highest BCUT2D eigenvalue weighted by Crippen LogP contribution is 2.30. The number of hydrogen-bond acceptors (Lipinski definition) is 2. The molecular formula is C25H18N2. The molecule has 2 heteroatoms. The number of rotatable bonds is 2. The van der Waals surface area contributed by atoms with Crippen molar-refractivity contribution in [3.8, 4) is 22.4 Å².